The summed E-state index contributed by atoms with van der Waals surface area (Å²) in [7, 11) is 1.51. The van der Waals surface area contributed by atoms with Crippen LogP contribution in [0.25, 0.3) is 0 Å². The van der Waals surface area contributed by atoms with E-state index in [0.29, 0.717) is 29.7 Å². The van der Waals surface area contributed by atoms with Crippen molar-refractivity contribution in [3.05, 3.63) is 33.9 Å². The molecule has 24 heavy (non-hydrogen) atoms. The third kappa shape index (κ3) is 4.12. The Morgan fingerprint density at radius 1 is 1.38 bits per heavy atom. The van der Waals surface area contributed by atoms with E-state index in [-0.39, 0.29) is 53.9 Å². The number of aliphatic carboxylic acids is 1. The van der Waals surface area contributed by atoms with Gasteiger partial charge in [-0.1, -0.05) is 11.6 Å². The van der Waals surface area contributed by atoms with Crippen LogP contribution in [0.15, 0.2) is 11.6 Å². The quantitative estimate of drug-likeness (QED) is 0.468. The molecule has 0 bridgehead atoms. The maximum absolute atomic E-state index is 11.8. The molecule has 1 heterocycles. The van der Waals surface area contributed by atoms with E-state index in [1.165, 1.54) is 7.11 Å². The third-order valence-corrected chi connectivity index (χ3v) is 4.04. The number of fused-ring (bicyclic) bond motifs is 1. The Balaban J connectivity index is 0.00000288. The number of esters is 1. The number of methoxy groups -OCH3 is 1. The average Bonchev–Trinajstić information content (AvgIpc) is 2.89. The first kappa shape index (κ1) is 20.5. The minimum Gasteiger partial charge on any atom is -0.507 e. The van der Waals surface area contributed by atoms with Crippen LogP contribution in [0.3, 0.4) is 0 Å². The third-order valence-electron chi connectivity index (χ3n) is 4.04. The molecule has 1 aliphatic rings. The van der Waals surface area contributed by atoms with Crippen LogP contribution in [0.2, 0.25) is 0 Å². The molecule has 125 valence electrons. The van der Waals surface area contributed by atoms with Gasteiger partial charge in [-0.3, -0.25) is 4.79 Å². The molecule has 0 saturated carbocycles. The second kappa shape index (κ2) is 8.55. The predicted octanol–water partition coefficient (Wildman–Crippen LogP) is 2.35. The van der Waals surface area contributed by atoms with E-state index in [4.69, 9.17) is 14.6 Å². The van der Waals surface area contributed by atoms with Crippen LogP contribution in [0.4, 0.5) is 0 Å². The van der Waals surface area contributed by atoms with Gasteiger partial charge in [-0.05, 0) is 32.3 Å². The van der Waals surface area contributed by atoms with Crippen LogP contribution >= 0.6 is 0 Å². The number of phenols is 1. The van der Waals surface area contributed by atoms with Gasteiger partial charge < -0.3 is 19.7 Å². The van der Waals surface area contributed by atoms with Crippen molar-refractivity contribution in [3.8, 4) is 11.5 Å². The zero-order valence-corrected chi connectivity index (χ0v) is 16.4. The van der Waals surface area contributed by atoms with E-state index < -0.39 is 11.9 Å². The molecule has 0 saturated heterocycles. The number of hydrogen-bond donors (Lipinski definition) is 2. The van der Waals surface area contributed by atoms with Crippen molar-refractivity contribution in [1.29, 1.82) is 0 Å². The molecule has 2 rings (SSSR count). The molecule has 0 amide bonds. The van der Waals surface area contributed by atoms with Crippen molar-refractivity contribution in [2.45, 2.75) is 39.7 Å². The van der Waals surface area contributed by atoms with Crippen molar-refractivity contribution in [1.82, 2.24) is 0 Å². The molecule has 2 N–H and O–H groups in total. The van der Waals surface area contributed by atoms with Crippen molar-refractivity contribution in [3.63, 3.8) is 0 Å². The van der Waals surface area contributed by atoms with E-state index in [1.807, 2.05) is 19.9 Å². The van der Waals surface area contributed by atoms with Crippen LogP contribution < -0.4 is 4.74 Å². The fourth-order valence-corrected chi connectivity index (χ4v) is 2.71. The van der Waals surface area contributed by atoms with Gasteiger partial charge in [0.1, 0.15) is 23.7 Å². The zero-order chi connectivity index (χ0) is 17.1. The summed E-state index contributed by atoms with van der Waals surface area (Å²) in [5.74, 6) is -0.973. The van der Waals surface area contributed by atoms with Gasteiger partial charge in [-0.25, -0.2) is 4.79 Å². The smallest absolute Gasteiger partial charge is 0.342 e. The van der Waals surface area contributed by atoms with E-state index in [2.05, 4.69) is 0 Å². The van der Waals surface area contributed by atoms with Gasteiger partial charge in [0.25, 0.3) is 0 Å². The van der Waals surface area contributed by atoms with Crippen LogP contribution in [-0.2, 0) is 22.6 Å². The van der Waals surface area contributed by atoms with Crippen molar-refractivity contribution >= 4 is 41.5 Å². The minimum atomic E-state index is -0.853. The average molecular weight is 343 g/mol. The first-order valence-electron chi connectivity index (χ1n) is 7.32. The summed E-state index contributed by atoms with van der Waals surface area (Å²) in [5, 5.41) is 19.1. The molecule has 1 aromatic carbocycles. The monoisotopic (exact) mass is 343 g/mol. The molecule has 0 aliphatic carbocycles. The first-order valence-corrected chi connectivity index (χ1v) is 7.32. The number of rotatable bonds is 6. The van der Waals surface area contributed by atoms with Gasteiger partial charge in [0, 0.05) is 47.1 Å². The van der Waals surface area contributed by atoms with E-state index in [9.17, 15) is 14.7 Å². The fraction of sp³-hybridized carbons (Fsp3) is 0.412. The summed E-state index contributed by atoms with van der Waals surface area (Å²) in [6.07, 6.45) is 2.68. The Hall–Kier alpha value is -1.50. The molecule has 7 heteroatoms. The van der Waals surface area contributed by atoms with Crippen LogP contribution in [-0.4, -0.2) is 58.8 Å². The Morgan fingerprint density at radius 3 is 2.62 bits per heavy atom. The van der Waals surface area contributed by atoms with Crippen LogP contribution in [0.1, 0.15) is 46.8 Å². The molecule has 0 atom stereocenters. The number of allylic oxidation sites excluding steroid dienone is 2. The minimum absolute atomic E-state index is 0. The Labute approximate surface area is 162 Å². The number of phenolic OH excluding ortho intramolecular Hbond substituents is 1. The standard InChI is InChI=1S/C17H20O6.Na/c1-9(5-7-13(18)19)4-6-11-15(20)14-12(8-23-17(14)21)10(2)16(11)22-3;/h4,20H,5-8H2,1-3H3,(H,18,19);/b9-4+;. The van der Waals surface area contributed by atoms with Gasteiger partial charge >= 0.3 is 11.9 Å². The number of carboxylic acids is 1. The maximum atomic E-state index is 11.8. The predicted molar refractivity (Wildman–Crippen MR) is 88.6 cm³/mol. The number of carbonyl (C=O) groups is 2. The SMILES string of the molecule is COc1c(C)c2c(c(O)c1C/C=C(\C)CCC(=O)O)C(=O)OC2.[Na]. The van der Waals surface area contributed by atoms with Gasteiger partial charge in [0.15, 0.2) is 0 Å². The Morgan fingerprint density at radius 2 is 2.04 bits per heavy atom. The largest absolute Gasteiger partial charge is 0.507 e. The molecule has 6 nitrogen and oxygen atoms in total. The van der Waals surface area contributed by atoms with Crippen molar-refractivity contribution in [2.24, 2.45) is 0 Å². The number of benzene rings is 1. The number of ether oxygens (including phenoxy) is 2. The number of aromatic hydroxyl groups is 1. The zero-order valence-electron chi connectivity index (χ0n) is 14.4. The van der Waals surface area contributed by atoms with Crippen LogP contribution in [0, 0.1) is 6.92 Å². The van der Waals surface area contributed by atoms with Gasteiger partial charge in [-0.2, -0.15) is 0 Å². The number of carboxylic acid groups (broad SMARTS) is 1. The van der Waals surface area contributed by atoms with Crippen LogP contribution in [0.5, 0.6) is 11.5 Å². The summed E-state index contributed by atoms with van der Waals surface area (Å²) in [5.41, 5.74) is 3.04. The topological polar surface area (TPSA) is 93.1 Å². The van der Waals surface area contributed by atoms with Crippen molar-refractivity contribution in [2.75, 3.05) is 7.11 Å². The second-order valence-corrected chi connectivity index (χ2v) is 5.56. The molecule has 0 unspecified atom stereocenters. The Bertz CT molecular complexity index is 693. The van der Waals surface area contributed by atoms with Gasteiger partial charge in [0.2, 0.25) is 0 Å². The van der Waals surface area contributed by atoms with Crippen molar-refractivity contribution < 1.29 is 29.3 Å². The van der Waals surface area contributed by atoms with E-state index in [1.54, 1.807) is 0 Å². The normalized spacial score (nSPS) is 13.1. The second-order valence-electron chi connectivity index (χ2n) is 5.56. The van der Waals surface area contributed by atoms with E-state index in [0.717, 1.165) is 11.1 Å². The number of carbonyl (C=O) groups excluding carboxylic acids is 1. The molecular formula is C17H20NaO6. The maximum Gasteiger partial charge on any atom is 0.342 e. The molecule has 1 aliphatic heterocycles. The molecule has 0 fully saturated rings. The summed E-state index contributed by atoms with van der Waals surface area (Å²) >= 11 is 0. The van der Waals surface area contributed by atoms with Gasteiger partial charge in [0.05, 0.1) is 7.11 Å². The molecule has 0 aromatic heterocycles. The summed E-state index contributed by atoms with van der Waals surface area (Å²) < 4.78 is 10.4. The molecule has 1 aromatic rings. The summed E-state index contributed by atoms with van der Waals surface area (Å²) in [6.45, 7) is 3.79. The number of cyclic esters (lactones) is 1. The summed E-state index contributed by atoms with van der Waals surface area (Å²) in [4.78, 5) is 22.4. The number of hydrogen-bond acceptors (Lipinski definition) is 5. The molecule has 1 radical (unpaired) electrons. The first-order chi connectivity index (χ1) is 10.9. The molecule has 0 spiro atoms. The Kier molecular flexibility index (Phi) is 7.32. The fourth-order valence-electron chi connectivity index (χ4n) is 2.71. The van der Waals surface area contributed by atoms with Gasteiger partial charge in [-0.15, -0.1) is 0 Å². The van der Waals surface area contributed by atoms with E-state index >= 15 is 0 Å². The summed E-state index contributed by atoms with van der Waals surface area (Å²) in [6, 6.07) is 0. The molecular weight excluding hydrogens is 323 g/mol.